The molecule has 0 spiro atoms. The van der Waals surface area contributed by atoms with E-state index in [1.165, 1.54) is 31.7 Å². The van der Waals surface area contributed by atoms with Gasteiger partial charge in [0.05, 0.1) is 5.56 Å². The number of hydrogen-bond donors (Lipinski definition) is 2. The van der Waals surface area contributed by atoms with Crippen LogP contribution in [0, 0.1) is 12.8 Å². The highest BCUT2D eigenvalue weighted by molar-refractivity contribution is 5.93. The second-order valence-electron chi connectivity index (χ2n) is 5.94. The lowest BCUT2D eigenvalue weighted by Crippen LogP contribution is -2.17. The number of carboxylic acids is 1. The monoisotopic (exact) mass is 289 g/mol. The first kappa shape index (κ1) is 15.5. The van der Waals surface area contributed by atoms with Crippen LogP contribution in [0.2, 0.25) is 0 Å². The maximum Gasteiger partial charge on any atom is 0.335 e. The lowest BCUT2D eigenvalue weighted by molar-refractivity contribution is -0.117. The Kier molecular flexibility index (Phi) is 5.37. The van der Waals surface area contributed by atoms with Crippen LogP contribution in [0.25, 0.3) is 0 Å². The summed E-state index contributed by atoms with van der Waals surface area (Å²) in [5.41, 5.74) is 1.73. The van der Waals surface area contributed by atoms with Gasteiger partial charge in [-0.15, -0.1) is 0 Å². The van der Waals surface area contributed by atoms with E-state index in [4.69, 9.17) is 5.11 Å². The van der Waals surface area contributed by atoms with E-state index >= 15 is 0 Å². The first-order valence-electron chi connectivity index (χ1n) is 7.70. The summed E-state index contributed by atoms with van der Waals surface area (Å²) in [6.45, 7) is 1.81. The molecule has 0 aliphatic heterocycles. The van der Waals surface area contributed by atoms with E-state index in [9.17, 15) is 9.59 Å². The quantitative estimate of drug-likeness (QED) is 0.823. The largest absolute Gasteiger partial charge is 0.478 e. The van der Waals surface area contributed by atoms with E-state index in [0.29, 0.717) is 18.0 Å². The zero-order chi connectivity index (χ0) is 15.2. The predicted molar refractivity (Wildman–Crippen MR) is 82.6 cm³/mol. The van der Waals surface area contributed by atoms with Crippen molar-refractivity contribution in [2.24, 2.45) is 5.92 Å². The molecule has 114 valence electrons. The van der Waals surface area contributed by atoms with Gasteiger partial charge < -0.3 is 10.4 Å². The van der Waals surface area contributed by atoms with Gasteiger partial charge >= 0.3 is 5.97 Å². The average Bonchev–Trinajstić information content (AvgIpc) is 2.69. The highest BCUT2D eigenvalue weighted by atomic mass is 16.4. The molecular weight excluding hydrogens is 266 g/mol. The molecule has 4 heteroatoms. The molecule has 0 aromatic heterocycles. The number of aromatic carboxylic acids is 1. The number of nitrogens with one attached hydrogen (secondary N) is 1. The fourth-order valence-electron chi connectivity index (χ4n) is 2.97. The SMILES string of the molecule is Cc1cc(C(=O)O)ccc1NC(=O)CC1CCCCCC1. The molecule has 0 unspecified atom stereocenters. The summed E-state index contributed by atoms with van der Waals surface area (Å²) in [6, 6.07) is 4.78. The van der Waals surface area contributed by atoms with Crippen LogP contribution < -0.4 is 5.32 Å². The summed E-state index contributed by atoms with van der Waals surface area (Å²) < 4.78 is 0. The normalized spacial score (nSPS) is 16.2. The van der Waals surface area contributed by atoms with Gasteiger partial charge in [-0.3, -0.25) is 4.79 Å². The van der Waals surface area contributed by atoms with Gasteiger partial charge in [-0.2, -0.15) is 0 Å². The lowest BCUT2D eigenvalue weighted by Gasteiger charge is -2.14. The molecule has 4 nitrogen and oxygen atoms in total. The first-order valence-corrected chi connectivity index (χ1v) is 7.70. The Morgan fingerprint density at radius 2 is 1.86 bits per heavy atom. The van der Waals surface area contributed by atoms with Crippen LogP contribution in [0.4, 0.5) is 5.69 Å². The summed E-state index contributed by atoms with van der Waals surface area (Å²) in [6.07, 6.45) is 7.88. The number of benzene rings is 1. The molecule has 1 aliphatic rings. The summed E-state index contributed by atoms with van der Waals surface area (Å²) in [4.78, 5) is 23.0. The molecule has 1 aliphatic carbocycles. The van der Waals surface area contributed by atoms with Gasteiger partial charge in [0.1, 0.15) is 0 Å². The van der Waals surface area contributed by atoms with Gasteiger partial charge in [0.15, 0.2) is 0 Å². The van der Waals surface area contributed by atoms with E-state index < -0.39 is 5.97 Å². The molecule has 1 saturated carbocycles. The number of carboxylic acid groups (broad SMARTS) is 1. The van der Waals surface area contributed by atoms with Crippen molar-refractivity contribution in [1.29, 1.82) is 0 Å². The molecule has 0 bridgehead atoms. The zero-order valence-corrected chi connectivity index (χ0v) is 12.5. The number of aryl methyl sites for hydroxylation is 1. The Labute approximate surface area is 125 Å². The van der Waals surface area contributed by atoms with E-state index in [0.717, 1.165) is 18.4 Å². The molecule has 2 N–H and O–H groups in total. The zero-order valence-electron chi connectivity index (χ0n) is 12.5. The Bertz CT molecular complexity index is 517. The topological polar surface area (TPSA) is 66.4 Å². The number of amides is 1. The minimum Gasteiger partial charge on any atom is -0.478 e. The number of carbonyl (C=O) groups is 2. The van der Waals surface area contributed by atoms with Crippen LogP contribution in [0.5, 0.6) is 0 Å². The highest BCUT2D eigenvalue weighted by Crippen LogP contribution is 2.26. The molecule has 1 aromatic carbocycles. The summed E-state index contributed by atoms with van der Waals surface area (Å²) in [5.74, 6) is -0.423. The lowest BCUT2D eigenvalue weighted by atomic mass is 9.96. The molecule has 0 heterocycles. The summed E-state index contributed by atoms with van der Waals surface area (Å²) in [7, 11) is 0. The van der Waals surface area contributed by atoms with Gasteiger partial charge in [-0.25, -0.2) is 4.79 Å². The number of hydrogen-bond acceptors (Lipinski definition) is 2. The van der Waals surface area contributed by atoms with Crippen LogP contribution in [-0.2, 0) is 4.79 Å². The van der Waals surface area contributed by atoms with E-state index in [1.807, 2.05) is 6.92 Å². The van der Waals surface area contributed by atoms with Gasteiger partial charge in [-0.05, 0) is 49.4 Å². The Morgan fingerprint density at radius 3 is 2.43 bits per heavy atom. The molecule has 1 fully saturated rings. The van der Waals surface area contributed by atoms with Gasteiger partial charge in [-0.1, -0.05) is 25.7 Å². The number of rotatable bonds is 4. The van der Waals surface area contributed by atoms with Crippen LogP contribution in [0.15, 0.2) is 18.2 Å². The fourth-order valence-corrected chi connectivity index (χ4v) is 2.97. The van der Waals surface area contributed by atoms with Crippen LogP contribution in [0.3, 0.4) is 0 Å². The minimum atomic E-state index is -0.950. The van der Waals surface area contributed by atoms with Crippen molar-refractivity contribution in [1.82, 2.24) is 0 Å². The molecule has 0 saturated heterocycles. The van der Waals surface area contributed by atoms with E-state index in [-0.39, 0.29) is 11.5 Å². The third kappa shape index (κ3) is 4.59. The van der Waals surface area contributed by atoms with Crippen molar-refractivity contribution >= 4 is 17.6 Å². The minimum absolute atomic E-state index is 0.0353. The molecule has 1 aromatic rings. The van der Waals surface area contributed by atoms with Crippen LogP contribution in [0.1, 0.15) is 60.9 Å². The Balaban J connectivity index is 1.94. The third-order valence-electron chi connectivity index (χ3n) is 4.20. The molecule has 2 rings (SSSR count). The van der Waals surface area contributed by atoms with Crippen molar-refractivity contribution in [3.63, 3.8) is 0 Å². The summed E-state index contributed by atoms with van der Waals surface area (Å²) in [5, 5.41) is 11.8. The maximum absolute atomic E-state index is 12.1. The van der Waals surface area contributed by atoms with E-state index in [1.54, 1.807) is 12.1 Å². The average molecular weight is 289 g/mol. The van der Waals surface area contributed by atoms with Crippen molar-refractivity contribution < 1.29 is 14.7 Å². The van der Waals surface area contributed by atoms with E-state index in [2.05, 4.69) is 5.32 Å². The summed E-state index contributed by atoms with van der Waals surface area (Å²) >= 11 is 0. The van der Waals surface area contributed by atoms with Crippen molar-refractivity contribution in [2.75, 3.05) is 5.32 Å². The molecule has 21 heavy (non-hydrogen) atoms. The van der Waals surface area contributed by atoms with Crippen molar-refractivity contribution in [3.8, 4) is 0 Å². The van der Waals surface area contributed by atoms with Crippen LogP contribution >= 0.6 is 0 Å². The molecule has 0 atom stereocenters. The number of carbonyl (C=O) groups excluding carboxylic acids is 1. The maximum atomic E-state index is 12.1. The predicted octanol–water partition coefficient (Wildman–Crippen LogP) is 3.99. The highest BCUT2D eigenvalue weighted by Gasteiger charge is 2.16. The second-order valence-corrected chi connectivity index (χ2v) is 5.94. The Morgan fingerprint density at radius 1 is 1.19 bits per heavy atom. The van der Waals surface area contributed by atoms with Crippen molar-refractivity contribution in [2.45, 2.75) is 51.9 Å². The standard InChI is InChI=1S/C17H23NO3/c1-12-10-14(17(20)21)8-9-15(12)18-16(19)11-13-6-4-2-3-5-7-13/h8-10,13H,2-7,11H2,1H3,(H,18,19)(H,20,21). The molecule has 0 radical (unpaired) electrons. The fraction of sp³-hybridized carbons (Fsp3) is 0.529. The Hall–Kier alpha value is -1.84. The third-order valence-corrected chi connectivity index (χ3v) is 4.20. The van der Waals surface area contributed by atoms with Crippen LogP contribution in [-0.4, -0.2) is 17.0 Å². The molecule has 1 amide bonds. The smallest absolute Gasteiger partial charge is 0.335 e. The second kappa shape index (κ2) is 7.25. The first-order chi connectivity index (χ1) is 10.1. The van der Waals surface area contributed by atoms with Gasteiger partial charge in [0.2, 0.25) is 5.91 Å². The van der Waals surface area contributed by atoms with Crippen molar-refractivity contribution in [3.05, 3.63) is 29.3 Å². The molecular formula is C17H23NO3. The number of anilines is 1. The van der Waals surface area contributed by atoms with Gasteiger partial charge in [0.25, 0.3) is 0 Å². The van der Waals surface area contributed by atoms with Gasteiger partial charge in [0, 0.05) is 12.1 Å².